The van der Waals surface area contributed by atoms with Crippen LogP contribution in [0.2, 0.25) is 0 Å². The summed E-state index contributed by atoms with van der Waals surface area (Å²) < 4.78 is 0. The molecule has 2 rings (SSSR count). The zero-order chi connectivity index (χ0) is 16.8. The standard InChI is InChI=1S/C19H23N3O/c1-5-10-20-15-9-11-21-17(12-15)19(23)22-18-14(4)7-6-8-16(18)13(2)3/h5-9,11-13H,1,10H2,2-4H3,(H,20,21)(H,22,23). The van der Waals surface area contributed by atoms with E-state index in [-0.39, 0.29) is 5.91 Å². The van der Waals surface area contributed by atoms with Gasteiger partial charge in [-0.1, -0.05) is 38.1 Å². The van der Waals surface area contributed by atoms with Crippen molar-refractivity contribution in [3.05, 3.63) is 66.0 Å². The molecule has 0 unspecified atom stereocenters. The fraction of sp³-hybridized carbons (Fsp3) is 0.263. The molecule has 23 heavy (non-hydrogen) atoms. The Hall–Kier alpha value is -2.62. The highest BCUT2D eigenvalue weighted by Gasteiger charge is 2.14. The molecule has 0 radical (unpaired) electrons. The van der Waals surface area contributed by atoms with Crippen molar-refractivity contribution in [3.8, 4) is 0 Å². The fourth-order valence-electron chi connectivity index (χ4n) is 2.37. The van der Waals surface area contributed by atoms with Crippen LogP contribution in [0.4, 0.5) is 11.4 Å². The average Bonchev–Trinajstić information content (AvgIpc) is 2.54. The lowest BCUT2D eigenvalue weighted by atomic mass is 9.98. The molecule has 4 heteroatoms. The molecule has 0 bridgehead atoms. The second-order valence-electron chi connectivity index (χ2n) is 5.75. The van der Waals surface area contributed by atoms with Crippen molar-refractivity contribution >= 4 is 17.3 Å². The number of amides is 1. The maximum Gasteiger partial charge on any atom is 0.274 e. The predicted octanol–water partition coefficient (Wildman–Crippen LogP) is 4.36. The second-order valence-corrected chi connectivity index (χ2v) is 5.75. The van der Waals surface area contributed by atoms with E-state index in [0.29, 0.717) is 18.2 Å². The molecule has 4 nitrogen and oxygen atoms in total. The normalized spacial score (nSPS) is 10.4. The maximum atomic E-state index is 12.5. The van der Waals surface area contributed by atoms with Gasteiger partial charge >= 0.3 is 0 Å². The molecule has 0 aliphatic rings. The molecule has 1 aromatic heterocycles. The van der Waals surface area contributed by atoms with Gasteiger partial charge in [-0.25, -0.2) is 0 Å². The zero-order valence-electron chi connectivity index (χ0n) is 13.9. The molecule has 0 atom stereocenters. The lowest BCUT2D eigenvalue weighted by molar-refractivity contribution is 0.102. The highest BCUT2D eigenvalue weighted by Crippen LogP contribution is 2.27. The number of pyridine rings is 1. The van der Waals surface area contributed by atoms with Gasteiger partial charge in [-0.3, -0.25) is 9.78 Å². The quantitative estimate of drug-likeness (QED) is 0.779. The largest absolute Gasteiger partial charge is 0.381 e. The molecule has 1 aromatic carbocycles. The summed E-state index contributed by atoms with van der Waals surface area (Å²) in [6.45, 7) is 10.5. The Bertz CT molecular complexity index is 708. The first-order valence-electron chi connectivity index (χ1n) is 7.74. The van der Waals surface area contributed by atoms with Gasteiger partial charge < -0.3 is 10.6 Å². The molecular formula is C19H23N3O. The van der Waals surface area contributed by atoms with Crippen LogP contribution in [-0.2, 0) is 0 Å². The number of para-hydroxylation sites is 1. The number of hydrogen-bond acceptors (Lipinski definition) is 3. The third-order valence-electron chi connectivity index (χ3n) is 3.61. The minimum Gasteiger partial charge on any atom is -0.381 e. The van der Waals surface area contributed by atoms with Crippen LogP contribution in [-0.4, -0.2) is 17.4 Å². The van der Waals surface area contributed by atoms with E-state index in [4.69, 9.17) is 0 Å². The number of hydrogen-bond donors (Lipinski definition) is 2. The van der Waals surface area contributed by atoms with Crippen LogP contribution in [0.5, 0.6) is 0 Å². The Balaban J connectivity index is 2.24. The monoisotopic (exact) mass is 309 g/mol. The molecule has 0 aliphatic heterocycles. The van der Waals surface area contributed by atoms with Gasteiger partial charge in [-0.2, -0.15) is 0 Å². The molecule has 0 spiro atoms. The van der Waals surface area contributed by atoms with Crippen LogP contribution < -0.4 is 10.6 Å². The van der Waals surface area contributed by atoms with Gasteiger partial charge in [-0.15, -0.1) is 6.58 Å². The number of carbonyl (C=O) groups excluding carboxylic acids is 1. The highest BCUT2D eigenvalue weighted by molar-refractivity contribution is 6.04. The van der Waals surface area contributed by atoms with Gasteiger partial charge in [0.15, 0.2) is 0 Å². The van der Waals surface area contributed by atoms with Gasteiger partial charge in [0.05, 0.1) is 0 Å². The van der Waals surface area contributed by atoms with Crippen molar-refractivity contribution in [1.82, 2.24) is 4.98 Å². The molecule has 0 aliphatic carbocycles. The molecule has 0 fully saturated rings. The minimum absolute atomic E-state index is 0.205. The van der Waals surface area contributed by atoms with Gasteiger partial charge in [0.25, 0.3) is 5.91 Å². The van der Waals surface area contributed by atoms with Gasteiger partial charge in [0.2, 0.25) is 0 Å². The predicted molar refractivity (Wildman–Crippen MR) is 96.1 cm³/mol. The number of nitrogens with one attached hydrogen (secondary N) is 2. The Morgan fingerprint density at radius 3 is 2.83 bits per heavy atom. The number of aryl methyl sites for hydroxylation is 1. The maximum absolute atomic E-state index is 12.5. The Morgan fingerprint density at radius 1 is 1.35 bits per heavy atom. The highest BCUT2D eigenvalue weighted by atomic mass is 16.1. The summed E-state index contributed by atoms with van der Waals surface area (Å²) >= 11 is 0. The number of carbonyl (C=O) groups is 1. The van der Waals surface area contributed by atoms with Gasteiger partial charge in [0, 0.05) is 24.1 Å². The number of aromatic nitrogens is 1. The van der Waals surface area contributed by atoms with E-state index in [2.05, 4.69) is 36.0 Å². The van der Waals surface area contributed by atoms with E-state index in [1.165, 1.54) is 0 Å². The zero-order valence-corrected chi connectivity index (χ0v) is 13.9. The summed E-state index contributed by atoms with van der Waals surface area (Å²) in [6, 6.07) is 9.62. The molecule has 0 saturated carbocycles. The van der Waals surface area contributed by atoms with E-state index < -0.39 is 0 Å². The Morgan fingerprint density at radius 2 is 2.13 bits per heavy atom. The van der Waals surface area contributed by atoms with Crippen molar-refractivity contribution in [2.45, 2.75) is 26.7 Å². The van der Waals surface area contributed by atoms with E-state index >= 15 is 0 Å². The number of benzene rings is 1. The van der Waals surface area contributed by atoms with E-state index in [1.807, 2.05) is 31.2 Å². The summed E-state index contributed by atoms with van der Waals surface area (Å²) in [5.74, 6) is 0.127. The van der Waals surface area contributed by atoms with Gasteiger partial charge in [-0.05, 0) is 36.1 Å². The van der Waals surface area contributed by atoms with Crippen LogP contribution in [0.25, 0.3) is 0 Å². The SMILES string of the molecule is C=CCNc1ccnc(C(=O)Nc2c(C)cccc2C(C)C)c1. The summed E-state index contributed by atoms with van der Waals surface area (Å²) in [5.41, 5.74) is 4.28. The van der Waals surface area contributed by atoms with Crippen LogP contribution in [0, 0.1) is 6.92 Å². The fourth-order valence-corrected chi connectivity index (χ4v) is 2.37. The van der Waals surface area contributed by atoms with Crippen molar-refractivity contribution < 1.29 is 4.79 Å². The first kappa shape index (κ1) is 16.7. The summed E-state index contributed by atoms with van der Waals surface area (Å²) in [4.78, 5) is 16.7. The first-order chi connectivity index (χ1) is 11.0. The lowest BCUT2D eigenvalue weighted by Gasteiger charge is -2.16. The molecule has 0 saturated heterocycles. The van der Waals surface area contributed by atoms with Crippen molar-refractivity contribution in [2.75, 3.05) is 17.2 Å². The summed E-state index contributed by atoms with van der Waals surface area (Å²) in [6.07, 6.45) is 3.39. The molecule has 2 N–H and O–H groups in total. The van der Waals surface area contributed by atoms with Crippen molar-refractivity contribution in [1.29, 1.82) is 0 Å². The Kier molecular flexibility index (Phi) is 5.52. The third-order valence-corrected chi connectivity index (χ3v) is 3.61. The van der Waals surface area contributed by atoms with Crippen molar-refractivity contribution in [3.63, 3.8) is 0 Å². The molecule has 1 amide bonds. The molecule has 120 valence electrons. The smallest absolute Gasteiger partial charge is 0.274 e. The van der Waals surface area contributed by atoms with E-state index in [1.54, 1.807) is 18.3 Å². The summed E-state index contributed by atoms with van der Waals surface area (Å²) in [5, 5.41) is 6.17. The van der Waals surface area contributed by atoms with E-state index in [9.17, 15) is 4.79 Å². The van der Waals surface area contributed by atoms with Crippen LogP contribution in [0.1, 0.15) is 41.4 Å². The average molecular weight is 309 g/mol. The second kappa shape index (κ2) is 7.58. The number of anilines is 2. The summed E-state index contributed by atoms with van der Waals surface area (Å²) in [7, 11) is 0. The number of nitrogens with zero attached hydrogens (tertiary/aromatic N) is 1. The third kappa shape index (κ3) is 4.19. The number of rotatable bonds is 6. The lowest BCUT2D eigenvalue weighted by Crippen LogP contribution is -2.16. The Labute approximate surface area is 137 Å². The molecular weight excluding hydrogens is 286 g/mol. The molecule has 2 aromatic rings. The van der Waals surface area contributed by atoms with Gasteiger partial charge in [0.1, 0.15) is 5.69 Å². The minimum atomic E-state index is -0.205. The van der Waals surface area contributed by atoms with Crippen molar-refractivity contribution in [2.24, 2.45) is 0 Å². The first-order valence-corrected chi connectivity index (χ1v) is 7.74. The van der Waals surface area contributed by atoms with Crippen LogP contribution in [0.15, 0.2) is 49.2 Å². The van der Waals surface area contributed by atoms with Crippen LogP contribution in [0.3, 0.4) is 0 Å². The molecule has 1 heterocycles. The van der Waals surface area contributed by atoms with E-state index in [0.717, 1.165) is 22.5 Å². The topological polar surface area (TPSA) is 54.0 Å². The van der Waals surface area contributed by atoms with Crippen LogP contribution >= 0.6 is 0 Å².